The van der Waals surface area contributed by atoms with Crippen LogP contribution in [0.2, 0.25) is 0 Å². The summed E-state index contributed by atoms with van der Waals surface area (Å²) in [6.45, 7) is 2.60. The summed E-state index contributed by atoms with van der Waals surface area (Å²) in [5.41, 5.74) is 0. The minimum atomic E-state index is -0.961. The molecule has 4 heteroatoms. The lowest BCUT2D eigenvalue weighted by atomic mass is 10.3. The Morgan fingerprint density at radius 3 is 2.44 bits per heavy atom. The van der Waals surface area contributed by atoms with Crippen LogP contribution in [0.15, 0.2) is 24.5 Å². The van der Waals surface area contributed by atoms with Crippen LogP contribution >= 0.6 is 0 Å². The lowest BCUT2D eigenvalue weighted by Gasteiger charge is -2.30. The highest BCUT2D eigenvalue weighted by molar-refractivity contribution is 5.64. The van der Waals surface area contributed by atoms with Crippen molar-refractivity contribution in [2.45, 2.75) is 19.4 Å². The number of quaternary nitrogens is 1. The minimum absolute atomic E-state index is 0.135. The number of carbonyl (C=O) groups excluding carboxylic acids is 1. The van der Waals surface area contributed by atoms with Crippen LogP contribution in [0.25, 0.3) is 0 Å². The van der Waals surface area contributed by atoms with Gasteiger partial charge in [-0.3, -0.25) is 0 Å². The van der Waals surface area contributed by atoms with Crippen molar-refractivity contribution in [1.82, 2.24) is 4.57 Å². The van der Waals surface area contributed by atoms with E-state index in [4.69, 9.17) is 0 Å². The number of aromatic nitrogens is 1. The molecule has 0 amide bonds. The Morgan fingerprint density at radius 2 is 1.88 bits per heavy atom. The summed E-state index contributed by atoms with van der Waals surface area (Å²) < 4.78 is 2.87. The Bertz CT molecular complexity index is 318. The second-order valence-electron chi connectivity index (χ2n) is 4.78. The van der Waals surface area contributed by atoms with Crippen LogP contribution in [0.1, 0.15) is 12.8 Å². The SMILES string of the molecule is C[N+](C)(CCCn1cccc1)CCC(=O)[O-]. The van der Waals surface area contributed by atoms with Gasteiger partial charge in [0.1, 0.15) is 0 Å². The second-order valence-corrected chi connectivity index (χ2v) is 4.78. The van der Waals surface area contributed by atoms with Crippen molar-refractivity contribution in [2.24, 2.45) is 0 Å². The standard InChI is InChI=1S/C12H20N2O2/c1-14(2,11-6-12(15)16)10-5-9-13-7-3-4-8-13/h3-4,7-8H,5-6,9-11H2,1-2H3. The summed E-state index contributed by atoms with van der Waals surface area (Å²) in [5, 5.41) is 10.4. The van der Waals surface area contributed by atoms with E-state index in [-0.39, 0.29) is 6.42 Å². The molecule has 0 unspecified atom stereocenters. The number of aliphatic carboxylic acids is 1. The highest BCUT2D eigenvalue weighted by Gasteiger charge is 2.13. The lowest BCUT2D eigenvalue weighted by Crippen LogP contribution is -2.43. The average molecular weight is 224 g/mol. The van der Waals surface area contributed by atoms with Gasteiger partial charge in [-0.05, 0) is 12.1 Å². The zero-order valence-corrected chi connectivity index (χ0v) is 10.1. The summed E-state index contributed by atoms with van der Waals surface area (Å²) in [6, 6.07) is 4.02. The fraction of sp³-hybridized carbons (Fsp3) is 0.583. The molecule has 0 aromatic carbocycles. The summed E-state index contributed by atoms with van der Waals surface area (Å²) >= 11 is 0. The number of hydrogen-bond acceptors (Lipinski definition) is 2. The van der Waals surface area contributed by atoms with Crippen LogP contribution in [-0.2, 0) is 11.3 Å². The molecule has 0 N–H and O–H groups in total. The lowest BCUT2D eigenvalue weighted by molar-refractivity contribution is -0.890. The first-order chi connectivity index (χ1) is 7.49. The second kappa shape index (κ2) is 5.70. The van der Waals surface area contributed by atoms with E-state index in [1.165, 1.54) is 0 Å². The molecule has 0 aliphatic rings. The van der Waals surface area contributed by atoms with Crippen molar-refractivity contribution < 1.29 is 14.4 Å². The number of carbonyl (C=O) groups is 1. The summed E-state index contributed by atoms with van der Waals surface area (Å²) in [4.78, 5) is 10.4. The molecule has 1 heterocycles. The monoisotopic (exact) mass is 224 g/mol. The molecule has 16 heavy (non-hydrogen) atoms. The van der Waals surface area contributed by atoms with Gasteiger partial charge in [-0.1, -0.05) is 0 Å². The van der Waals surface area contributed by atoms with E-state index >= 15 is 0 Å². The van der Waals surface area contributed by atoms with Crippen molar-refractivity contribution in [1.29, 1.82) is 0 Å². The number of carboxylic acids is 1. The van der Waals surface area contributed by atoms with Gasteiger partial charge in [-0.2, -0.15) is 0 Å². The predicted molar refractivity (Wildman–Crippen MR) is 60.5 cm³/mol. The summed E-state index contributed by atoms with van der Waals surface area (Å²) in [7, 11) is 4.11. The molecule has 1 aromatic heterocycles. The van der Waals surface area contributed by atoms with E-state index in [1.807, 2.05) is 24.5 Å². The molecule has 0 bridgehead atoms. The number of carboxylic acid groups (broad SMARTS) is 1. The van der Waals surface area contributed by atoms with E-state index < -0.39 is 5.97 Å². The fourth-order valence-electron chi connectivity index (χ4n) is 1.71. The molecule has 0 aliphatic carbocycles. The van der Waals surface area contributed by atoms with Gasteiger partial charge in [0.2, 0.25) is 0 Å². The first kappa shape index (κ1) is 12.8. The zero-order chi connectivity index (χ0) is 12.0. The smallest absolute Gasteiger partial charge is 0.0835 e. The Morgan fingerprint density at radius 1 is 1.25 bits per heavy atom. The van der Waals surface area contributed by atoms with Gasteiger partial charge in [0, 0.05) is 37.7 Å². The van der Waals surface area contributed by atoms with Crippen LogP contribution < -0.4 is 5.11 Å². The Balaban J connectivity index is 2.22. The number of hydrogen-bond donors (Lipinski definition) is 0. The molecule has 0 fully saturated rings. The molecule has 0 spiro atoms. The summed E-state index contributed by atoms with van der Waals surface area (Å²) in [6.07, 6.45) is 5.27. The van der Waals surface area contributed by atoms with Crippen LogP contribution in [0.3, 0.4) is 0 Å². The van der Waals surface area contributed by atoms with Gasteiger partial charge in [-0.15, -0.1) is 0 Å². The van der Waals surface area contributed by atoms with E-state index in [0.29, 0.717) is 6.54 Å². The molecular formula is C12H20N2O2. The Hall–Kier alpha value is -1.29. The molecule has 0 aliphatic heterocycles. The van der Waals surface area contributed by atoms with Gasteiger partial charge >= 0.3 is 0 Å². The van der Waals surface area contributed by atoms with Gasteiger partial charge in [0.25, 0.3) is 0 Å². The average Bonchev–Trinajstić information content (AvgIpc) is 2.68. The molecule has 0 atom stereocenters. The van der Waals surface area contributed by atoms with E-state index in [1.54, 1.807) is 0 Å². The maximum Gasteiger partial charge on any atom is 0.0835 e. The van der Waals surface area contributed by atoms with Crippen molar-refractivity contribution >= 4 is 5.97 Å². The van der Waals surface area contributed by atoms with Crippen LogP contribution in [-0.4, -0.2) is 42.2 Å². The van der Waals surface area contributed by atoms with Crippen molar-refractivity contribution in [3.63, 3.8) is 0 Å². The topological polar surface area (TPSA) is 45.1 Å². The number of nitrogens with zero attached hydrogens (tertiary/aromatic N) is 2. The molecule has 1 aromatic rings. The summed E-state index contributed by atoms with van der Waals surface area (Å²) in [5.74, 6) is -0.961. The maximum atomic E-state index is 10.4. The fourth-order valence-corrected chi connectivity index (χ4v) is 1.71. The molecule has 0 radical (unpaired) electrons. The van der Waals surface area contributed by atoms with Gasteiger partial charge in [0.15, 0.2) is 0 Å². The Labute approximate surface area is 96.7 Å². The van der Waals surface area contributed by atoms with Gasteiger partial charge < -0.3 is 19.0 Å². The number of aryl methyl sites for hydroxylation is 1. The minimum Gasteiger partial charge on any atom is -0.550 e. The van der Waals surface area contributed by atoms with E-state index in [9.17, 15) is 9.90 Å². The van der Waals surface area contributed by atoms with Crippen LogP contribution in [0, 0.1) is 0 Å². The molecule has 4 nitrogen and oxygen atoms in total. The first-order valence-electron chi connectivity index (χ1n) is 5.62. The largest absolute Gasteiger partial charge is 0.550 e. The van der Waals surface area contributed by atoms with E-state index in [0.717, 1.165) is 24.0 Å². The molecule has 1 rings (SSSR count). The quantitative estimate of drug-likeness (QED) is 0.616. The molecule has 0 saturated heterocycles. The Kier molecular flexibility index (Phi) is 4.55. The van der Waals surface area contributed by atoms with Crippen molar-refractivity contribution in [3.8, 4) is 0 Å². The molecular weight excluding hydrogens is 204 g/mol. The highest BCUT2D eigenvalue weighted by Crippen LogP contribution is 2.03. The van der Waals surface area contributed by atoms with Crippen LogP contribution in [0.5, 0.6) is 0 Å². The predicted octanol–water partition coefficient (Wildman–Crippen LogP) is 0.0946. The molecule has 90 valence electrons. The highest BCUT2D eigenvalue weighted by atomic mass is 16.4. The maximum absolute atomic E-state index is 10.4. The number of rotatable bonds is 7. The van der Waals surface area contributed by atoms with Crippen molar-refractivity contribution in [2.75, 3.05) is 27.2 Å². The van der Waals surface area contributed by atoms with Crippen molar-refractivity contribution in [3.05, 3.63) is 24.5 Å². The normalized spacial score (nSPS) is 11.6. The third kappa shape index (κ3) is 4.98. The third-order valence-corrected chi connectivity index (χ3v) is 2.77. The van der Waals surface area contributed by atoms with Gasteiger partial charge in [0.05, 0.1) is 27.2 Å². The zero-order valence-electron chi connectivity index (χ0n) is 10.1. The van der Waals surface area contributed by atoms with E-state index in [2.05, 4.69) is 18.7 Å². The van der Waals surface area contributed by atoms with Gasteiger partial charge in [-0.25, -0.2) is 0 Å². The molecule has 0 saturated carbocycles. The first-order valence-corrected chi connectivity index (χ1v) is 5.62. The third-order valence-electron chi connectivity index (χ3n) is 2.77. The van der Waals surface area contributed by atoms with Crippen LogP contribution in [0.4, 0.5) is 0 Å².